The number of anilines is 1. The van der Waals surface area contributed by atoms with Crippen LogP contribution in [0, 0.1) is 13.8 Å². The highest BCUT2D eigenvalue weighted by Gasteiger charge is 2.48. The third kappa shape index (κ3) is 3.09. The minimum atomic E-state index is -0.716. The number of aryl methyl sites for hydroxylation is 2. The van der Waals surface area contributed by atoms with E-state index in [1.807, 2.05) is 43.5 Å². The molecule has 156 valence electrons. The number of hydrogen-bond acceptors (Lipinski definition) is 6. The fourth-order valence-corrected chi connectivity index (χ4v) is 5.01. The van der Waals surface area contributed by atoms with E-state index in [0.717, 1.165) is 16.0 Å². The highest BCUT2D eigenvalue weighted by Crippen LogP contribution is 2.45. The second-order valence-electron chi connectivity index (χ2n) is 7.54. The van der Waals surface area contributed by atoms with Gasteiger partial charge in [-0.15, -0.1) is 11.3 Å². The zero-order chi connectivity index (χ0) is 21.7. The van der Waals surface area contributed by atoms with Crippen LogP contribution in [-0.2, 0) is 9.59 Å². The van der Waals surface area contributed by atoms with E-state index in [2.05, 4.69) is 0 Å². The van der Waals surface area contributed by atoms with Gasteiger partial charge in [-0.1, -0.05) is 12.1 Å². The summed E-state index contributed by atoms with van der Waals surface area (Å²) in [6, 6.07) is 13.6. The van der Waals surface area contributed by atoms with Crippen molar-refractivity contribution in [2.24, 2.45) is 0 Å². The first-order valence-electron chi connectivity index (χ1n) is 9.77. The molecule has 0 radical (unpaired) electrons. The SMILES string of the molecule is Cc1cccc(N2C(=O)C(=O)/C(=C(\O)c3ccc4c(c3)OCO4)C2c2sccc2C)c1. The van der Waals surface area contributed by atoms with Crippen LogP contribution < -0.4 is 14.4 Å². The van der Waals surface area contributed by atoms with Gasteiger partial charge in [0.15, 0.2) is 11.5 Å². The Hall–Kier alpha value is -3.58. The van der Waals surface area contributed by atoms with Gasteiger partial charge >= 0.3 is 0 Å². The van der Waals surface area contributed by atoms with E-state index in [1.165, 1.54) is 16.2 Å². The van der Waals surface area contributed by atoms with E-state index in [1.54, 1.807) is 24.3 Å². The molecule has 1 aromatic heterocycles. The number of ether oxygens (including phenoxy) is 2. The number of carbonyl (C=O) groups excluding carboxylic acids is 2. The van der Waals surface area contributed by atoms with E-state index in [4.69, 9.17) is 9.47 Å². The lowest BCUT2D eigenvalue weighted by Gasteiger charge is -2.25. The molecule has 1 fully saturated rings. The number of hydrogen-bond donors (Lipinski definition) is 1. The molecule has 0 aliphatic carbocycles. The molecule has 1 amide bonds. The summed E-state index contributed by atoms with van der Waals surface area (Å²) < 4.78 is 10.7. The van der Waals surface area contributed by atoms with Crippen LogP contribution >= 0.6 is 11.3 Å². The Morgan fingerprint density at radius 1 is 1.06 bits per heavy atom. The molecule has 1 saturated heterocycles. The number of aliphatic hydroxyl groups excluding tert-OH is 1. The number of thiophene rings is 1. The van der Waals surface area contributed by atoms with Crippen LogP contribution in [0.5, 0.6) is 11.5 Å². The summed E-state index contributed by atoms with van der Waals surface area (Å²) in [5, 5.41) is 13.1. The molecule has 2 aliphatic rings. The number of nitrogens with zero attached hydrogens (tertiary/aromatic N) is 1. The maximum Gasteiger partial charge on any atom is 0.300 e. The topological polar surface area (TPSA) is 76.1 Å². The highest BCUT2D eigenvalue weighted by molar-refractivity contribution is 7.10. The molecular formula is C24H19NO5S. The number of benzene rings is 2. The predicted octanol–water partition coefficient (Wildman–Crippen LogP) is 4.72. The van der Waals surface area contributed by atoms with E-state index in [9.17, 15) is 14.7 Å². The fourth-order valence-electron chi connectivity index (χ4n) is 3.99. The lowest BCUT2D eigenvalue weighted by molar-refractivity contribution is -0.132. The molecule has 5 rings (SSSR count). The zero-order valence-corrected chi connectivity index (χ0v) is 17.7. The third-order valence-corrected chi connectivity index (χ3v) is 6.59. The Kier molecular flexibility index (Phi) is 4.55. The first-order valence-corrected chi connectivity index (χ1v) is 10.7. The van der Waals surface area contributed by atoms with Gasteiger partial charge in [-0.25, -0.2) is 0 Å². The monoisotopic (exact) mass is 433 g/mol. The van der Waals surface area contributed by atoms with Gasteiger partial charge in [0.2, 0.25) is 6.79 Å². The van der Waals surface area contributed by atoms with E-state index in [-0.39, 0.29) is 18.1 Å². The van der Waals surface area contributed by atoms with Crippen LogP contribution in [0.2, 0.25) is 0 Å². The fraction of sp³-hybridized carbons (Fsp3) is 0.167. The quantitative estimate of drug-likeness (QED) is 0.367. The summed E-state index contributed by atoms with van der Waals surface area (Å²) in [6.07, 6.45) is 0. The Morgan fingerprint density at radius 3 is 2.61 bits per heavy atom. The molecule has 3 aromatic rings. The molecule has 1 unspecified atom stereocenters. The molecule has 3 heterocycles. The summed E-state index contributed by atoms with van der Waals surface area (Å²) in [4.78, 5) is 28.7. The predicted molar refractivity (Wildman–Crippen MR) is 118 cm³/mol. The summed E-state index contributed by atoms with van der Waals surface area (Å²) in [7, 11) is 0. The van der Waals surface area contributed by atoms with Gasteiger partial charge in [0.05, 0.1) is 5.57 Å². The number of ketones is 1. The summed E-state index contributed by atoms with van der Waals surface area (Å²) in [5.41, 5.74) is 2.99. The van der Waals surface area contributed by atoms with Gasteiger partial charge in [-0.3, -0.25) is 14.5 Å². The van der Waals surface area contributed by atoms with Gasteiger partial charge in [0.1, 0.15) is 11.8 Å². The Morgan fingerprint density at radius 2 is 1.87 bits per heavy atom. The molecule has 2 aromatic carbocycles. The Bertz CT molecular complexity index is 1260. The molecule has 6 nitrogen and oxygen atoms in total. The van der Waals surface area contributed by atoms with Crippen molar-refractivity contribution in [1.29, 1.82) is 0 Å². The van der Waals surface area contributed by atoms with Crippen molar-refractivity contribution in [2.75, 3.05) is 11.7 Å². The summed E-state index contributed by atoms with van der Waals surface area (Å²) >= 11 is 1.45. The molecular weight excluding hydrogens is 414 g/mol. The van der Waals surface area contributed by atoms with Gasteiger partial charge in [-0.2, -0.15) is 0 Å². The highest BCUT2D eigenvalue weighted by atomic mass is 32.1. The normalized spacial score (nSPS) is 19.3. The van der Waals surface area contributed by atoms with Crippen molar-refractivity contribution in [1.82, 2.24) is 0 Å². The molecule has 1 N–H and O–H groups in total. The van der Waals surface area contributed by atoms with Crippen molar-refractivity contribution in [3.8, 4) is 11.5 Å². The van der Waals surface area contributed by atoms with Gasteiger partial charge in [0, 0.05) is 16.1 Å². The summed E-state index contributed by atoms with van der Waals surface area (Å²) in [6.45, 7) is 3.96. The van der Waals surface area contributed by atoms with Crippen molar-refractivity contribution in [3.05, 3.63) is 81.1 Å². The molecule has 0 spiro atoms. The van der Waals surface area contributed by atoms with E-state index in [0.29, 0.717) is 22.7 Å². The van der Waals surface area contributed by atoms with Crippen LogP contribution in [0.1, 0.15) is 27.6 Å². The second kappa shape index (κ2) is 7.28. The Labute approximate surface area is 183 Å². The maximum atomic E-state index is 13.2. The zero-order valence-electron chi connectivity index (χ0n) is 16.9. The van der Waals surface area contributed by atoms with Crippen molar-refractivity contribution in [3.63, 3.8) is 0 Å². The smallest absolute Gasteiger partial charge is 0.300 e. The second-order valence-corrected chi connectivity index (χ2v) is 8.49. The van der Waals surface area contributed by atoms with Crippen LogP contribution in [0.25, 0.3) is 5.76 Å². The Balaban J connectivity index is 1.72. The number of rotatable bonds is 3. The number of Topliss-reactive ketones (excluding diaryl/α,β-unsaturated/α-hetero) is 1. The van der Waals surface area contributed by atoms with Crippen LogP contribution in [-0.4, -0.2) is 23.6 Å². The largest absolute Gasteiger partial charge is 0.507 e. The molecule has 7 heteroatoms. The molecule has 2 aliphatic heterocycles. The molecule has 1 atom stereocenters. The van der Waals surface area contributed by atoms with E-state index >= 15 is 0 Å². The average molecular weight is 433 g/mol. The first kappa shape index (κ1) is 19.4. The molecule has 31 heavy (non-hydrogen) atoms. The lowest BCUT2D eigenvalue weighted by atomic mass is 9.98. The van der Waals surface area contributed by atoms with Gasteiger partial charge < -0.3 is 14.6 Å². The number of carbonyl (C=O) groups is 2. The average Bonchev–Trinajstić information content (AvgIpc) is 3.45. The maximum absolute atomic E-state index is 13.2. The van der Waals surface area contributed by atoms with Crippen LogP contribution in [0.4, 0.5) is 5.69 Å². The first-order chi connectivity index (χ1) is 15.0. The number of aliphatic hydroxyl groups is 1. The van der Waals surface area contributed by atoms with Gasteiger partial charge in [-0.05, 0) is 66.8 Å². The van der Waals surface area contributed by atoms with Gasteiger partial charge in [0.25, 0.3) is 11.7 Å². The lowest BCUT2D eigenvalue weighted by Crippen LogP contribution is -2.29. The minimum Gasteiger partial charge on any atom is -0.507 e. The van der Waals surface area contributed by atoms with Crippen LogP contribution in [0.3, 0.4) is 0 Å². The molecule has 0 bridgehead atoms. The number of fused-ring (bicyclic) bond motifs is 1. The van der Waals surface area contributed by atoms with E-state index < -0.39 is 17.7 Å². The molecule has 0 saturated carbocycles. The number of amides is 1. The standard InChI is InChI=1S/C24H19NO5S/c1-13-4-3-5-16(10-13)25-20(23-14(2)8-9-31-23)19(22(27)24(25)28)21(26)15-6-7-17-18(11-15)30-12-29-17/h3-11,20,26H,12H2,1-2H3/b21-19-. The van der Waals surface area contributed by atoms with Crippen molar-refractivity contribution >= 4 is 34.5 Å². The van der Waals surface area contributed by atoms with Crippen molar-refractivity contribution in [2.45, 2.75) is 19.9 Å². The summed E-state index contributed by atoms with van der Waals surface area (Å²) in [5.74, 6) is -0.548. The van der Waals surface area contributed by atoms with Crippen LogP contribution in [0.15, 0.2) is 59.5 Å². The minimum absolute atomic E-state index is 0.0657. The third-order valence-electron chi connectivity index (χ3n) is 5.52. The van der Waals surface area contributed by atoms with Crippen molar-refractivity contribution < 1.29 is 24.2 Å².